The lowest BCUT2D eigenvalue weighted by Gasteiger charge is -2.15. The molecule has 6 aromatic carbocycles. The summed E-state index contributed by atoms with van der Waals surface area (Å²) in [7, 11) is 0. The van der Waals surface area contributed by atoms with Crippen molar-refractivity contribution in [3.8, 4) is 22.3 Å². The zero-order valence-corrected chi connectivity index (χ0v) is 19.6. The topological polar surface area (TPSA) is 25.2 Å². The first-order valence-corrected chi connectivity index (χ1v) is 12.2. The highest BCUT2D eigenvalue weighted by atomic mass is 16.3. The van der Waals surface area contributed by atoms with Crippen molar-refractivity contribution in [1.82, 2.24) is 0 Å². The number of hydrogen-bond acceptors (Lipinski definition) is 2. The molecule has 1 N–H and O–H groups in total. The summed E-state index contributed by atoms with van der Waals surface area (Å²) in [5.74, 6) is 0. The third kappa shape index (κ3) is 3.43. The van der Waals surface area contributed by atoms with Crippen molar-refractivity contribution in [2.75, 3.05) is 5.32 Å². The fourth-order valence-corrected chi connectivity index (χ4v) is 5.19. The Morgan fingerprint density at radius 2 is 1.08 bits per heavy atom. The van der Waals surface area contributed by atoms with Crippen LogP contribution in [0.4, 0.5) is 11.4 Å². The minimum Gasteiger partial charge on any atom is -0.456 e. The van der Waals surface area contributed by atoms with Crippen LogP contribution in [0.5, 0.6) is 0 Å². The number of hydrogen-bond donors (Lipinski definition) is 1. The zero-order chi connectivity index (χ0) is 23.9. The second-order valence-electron chi connectivity index (χ2n) is 9.05. The van der Waals surface area contributed by atoms with Gasteiger partial charge in [0.05, 0.1) is 0 Å². The molecule has 0 amide bonds. The van der Waals surface area contributed by atoms with Crippen molar-refractivity contribution in [2.45, 2.75) is 0 Å². The van der Waals surface area contributed by atoms with Gasteiger partial charge in [-0.25, -0.2) is 0 Å². The molecule has 0 spiro atoms. The third-order valence-electron chi connectivity index (χ3n) is 6.88. The average molecular weight is 462 g/mol. The van der Waals surface area contributed by atoms with E-state index in [-0.39, 0.29) is 0 Å². The molecule has 0 aliphatic carbocycles. The van der Waals surface area contributed by atoms with Crippen LogP contribution >= 0.6 is 0 Å². The van der Waals surface area contributed by atoms with E-state index >= 15 is 0 Å². The van der Waals surface area contributed by atoms with E-state index < -0.39 is 0 Å². The highest BCUT2D eigenvalue weighted by molar-refractivity contribution is 6.12. The normalized spacial score (nSPS) is 11.3. The van der Waals surface area contributed by atoms with Gasteiger partial charge in [-0.3, -0.25) is 0 Å². The Bertz CT molecular complexity index is 1860. The summed E-state index contributed by atoms with van der Waals surface area (Å²) >= 11 is 0. The van der Waals surface area contributed by atoms with E-state index in [1.165, 1.54) is 33.0 Å². The van der Waals surface area contributed by atoms with E-state index in [9.17, 15) is 0 Å². The monoisotopic (exact) mass is 461 g/mol. The highest BCUT2D eigenvalue weighted by Gasteiger charge is 2.12. The van der Waals surface area contributed by atoms with Crippen molar-refractivity contribution in [1.29, 1.82) is 0 Å². The number of nitrogens with one attached hydrogen (secondary N) is 1. The van der Waals surface area contributed by atoms with E-state index in [1.54, 1.807) is 0 Å². The van der Waals surface area contributed by atoms with Crippen LogP contribution in [0.15, 0.2) is 138 Å². The van der Waals surface area contributed by atoms with E-state index in [4.69, 9.17) is 4.42 Å². The van der Waals surface area contributed by atoms with Crippen LogP contribution in [-0.2, 0) is 0 Å². The molecule has 2 heteroatoms. The standard InChI is InChI=1S/C34H23NO/c1-2-11-26-23(9-1)10-7-15-28(26)29-12-3-5-16-31(29)35-25-21-19-24(20-22-25)27-14-8-18-33-34(27)30-13-4-6-17-32(30)36-33/h1-22,35H. The van der Waals surface area contributed by atoms with Crippen LogP contribution in [0, 0.1) is 0 Å². The lowest BCUT2D eigenvalue weighted by Crippen LogP contribution is -1.94. The summed E-state index contributed by atoms with van der Waals surface area (Å²) in [5.41, 5.74) is 8.74. The fraction of sp³-hybridized carbons (Fsp3) is 0. The Labute approximate surface area is 209 Å². The van der Waals surface area contributed by atoms with Crippen LogP contribution in [0.2, 0.25) is 0 Å². The van der Waals surface area contributed by atoms with Gasteiger partial charge in [0.2, 0.25) is 0 Å². The molecule has 36 heavy (non-hydrogen) atoms. The molecule has 170 valence electrons. The summed E-state index contributed by atoms with van der Waals surface area (Å²) in [6.45, 7) is 0. The molecule has 1 heterocycles. The SMILES string of the molecule is c1ccc(-c2cccc3ccccc23)c(Nc2ccc(-c3cccc4oc5ccccc5c34)cc2)c1. The number of anilines is 2. The summed E-state index contributed by atoms with van der Waals surface area (Å²) in [4.78, 5) is 0. The Morgan fingerprint density at radius 1 is 0.444 bits per heavy atom. The number of benzene rings is 6. The van der Waals surface area contributed by atoms with E-state index in [1.807, 2.05) is 18.2 Å². The summed E-state index contributed by atoms with van der Waals surface area (Å²) in [6.07, 6.45) is 0. The first-order valence-electron chi connectivity index (χ1n) is 12.2. The number of furan rings is 1. The third-order valence-corrected chi connectivity index (χ3v) is 6.88. The number of fused-ring (bicyclic) bond motifs is 4. The number of rotatable bonds is 4. The van der Waals surface area contributed by atoms with Gasteiger partial charge in [0.15, 0.2) is 0 Å². The second kappa shape index (κ2) is 8.44. The molecule has 7 rings (SSSR count). The van der Waals surface area contributed by atoms with Gasteiger partial charge in [-0.1, -0.05) is 103 Å². The molecule has 2 nitrogen and oxygen atoms in total. The molecule has 1 aromatic heterocycles. The zero-order valence-electron chi connectivity index (χ0n) is 19.6. The van der Waals surface area contributed by atoms with Crippen LogP contribution in [0.3, 0.4) is 0 Å². The van der Waals surface area contributed by atoms with Gasteiger partial charge in [-0.15, -0.1) is 0 Å². The second-order valence-corrected chi connectivity index (χ2v) is 9.05. The molecule has 0 radical (unpaired) electrons. The predicted molar refractivity (Wildman–Crippen MR) is 152 cm³/mol. The maximum absolute atomic E-state index is 6.09. The Morgan fingerprint density at radius 3 is 2.00 bits per heavy atom. The van der Waals surface area contributed by atoms with Gasteiger partial charge >= 0.3 is 0 Å². The van der Waals surface area contributed by atoms with Gasteiger partial charge < -0.3 is 9.73 Å². The summed E-state index contributed by atoms with van der Waals surface area (Å²) in [5, 5.41) is 8.47. The van der Waals surface area contributed by atoms with Crippen molar-refractivity contribution >= 4 is 44.1 Å². The van der Waals surface area contributed by atoms with Gasteiger partial charge in [0.1, 0.15) is 11.2 Å². The number of para-hydroxylation sites is 2. The smallest absolute Gasteiger partial charge is 0.136 e. The molecule has 0 saturated heterocycles. The molecule has 0 aliphatic rings. The molecule has 0 atom stereocenters. The van der Waals surface area contributed by atoms with Crippen molar-refractivity contribution < 1.29 is 4.42 Å². The molecular formula is C34H23NO. The molecule has 0 bridgehead atoms. The quantitative estimate of drug-likeness (QED) is 0.282. The van der Waals surface area contributed by atoms with E-state index in [2.05, 4.69) is 121 Å². The fourth-order valence-electron chi connectivity index (χ4n) is 5.19. The van der Waals surface area contributed by atoms with E-state index in [0.717, 1.165) is 33.3 Å². The van der Waals surface area contributed by atoms with Crippen LogP contribution in [0.25, 0.3) is 55.0 Å². The Hall–Kier alpha value is -4.82. The Kier molecular flexibility index (Phi) is 4.82. The lowest BCUT2D eigenvalue weighted by molar-refractivity contribution is 0.669. The van der Waals surface area contributed by atoms with Gasteiger partial charge in [-0.05, 0) is 57.8 Å². The highest BCUT2D eigenvalue weighted by Crippen LogP contribution is 2.38. The van der Waals surface area contributed by atoms with Gasteiger partial charge in [0.25, 0.3) is 0 Å². The van der Waals surface area contributed by atoms with Crippen LogP contribution in [0.1, 0.15) is 0 Å². The van der Waals surface area contributed by atoms with Crippen molar-refractivity contribution in [3.05, 3.63) is 133 Å². The summed E-state index contributed by atoms with van der Waals surface area (Å²) in [6, 6.07) is 46.7. The minimum atomic E-state index is 0.917. The molecule has 0 saturated carbocycles. The first kappa shape index (κ1) is 20.5. The van der Waals surface area contributed by atoms with Crippen molar-refractivity contribution in [3.63, 3.8) is 0 Å². The molecule has 7 aromatic rings. The van der Waals surface area contributed by atoms with Gasteiger partial charge in [-0.2, -0.15) is 0 Å². The summed E-state index contributed by atoms with van der Waals surface area (Å²) < 4.78 is 6.09. The average Bonchev–Trinajstić information content (AvgIpc) is 3.33. The van der Waals surface area contributed by atoms with Gasteiger partial charge in [0, 0.05) is 27.7 Å². The lowest BCUT2D eigenvalue weighted by atomic mass is 9.96. The molecule has 0 aliphatic heterocycles. The van der Waals surface area contributed by atoms with Crippen molar-refractivity contribution in [2.24, 2.45) is 0 Å². The van der Waals surface area contributed by atoms with Crippen LogP contribution < -0.4 is 5.32 Å². The maximum atomic E-state index is 6.09. The van der Waals surface area contributed by atoms with E-state index in [0.29, 0.717) is 0 Å². The first-order chi connectivity index (χ1) is 17.8. The maximum Gasteiger partial charge on any atom is 0.136 e. The minimum absolute atomic E-state index is 0.917. The van der Waals surface area contributed by atoms with Crippen LogP contribution in [-0.4, -0.2) is 0 Å². The Balaban J connectivity index is 1.26. The molecule has 0 fully saturated rings. The molecule has 0 unspecified atom stereocenters. The molecular weight excluding hydrogens is 438 g/mol. The largest absolute Gasteiger partial charge is 0.456 e. The predicted octanol–water partition coefficient (Wildman–Crippen LogP) is 9.82.